The second-order valence-corrected chi connectivity index (χ2v) is 4.55. The number of quaternary nitrogens is 2. The Labute approximate surface area is 92.1 Å². The summed E-state index contributed by atoms with van der Waals surface area (Å²) in [5.74, 6) is 0. The summed E-state index contributed by atoms with van der Waals surface area (Å²) >= 11 is 0. The minimum atomic E-state index is 0.900. The lowest BCUT2D eigenvalue weighted by Crippen LogP contribution is -3.11. The minimum Gasteiger partial charge on any atom is -0.354 e. The molecule has 0 spiro atoms. The fourth-order valence-corrected chi connectivity index (χ4v) is 2.34. The summed E-state index contributed by atoms with van der Waals surface area (Å²) < 4.78 is 0. The molecule has 1 aromatic carbocycles. The molecule has 2 nitrogen and oxygen atoms in total. The summed E-state index contributed by atoms with van der Waals surface area (Å²) in [7, 11) is 0. The van der Waals surface area contributed by atoms with Crippen LogP contribution in [-0.2, 0) is 13.1 Å². The van der Waals surface area contributed by atoms with Gasteiger partial charge in [0.05, 0.1) is 19.6 Å². The molecule has 1 aromatic rings. The highest BCUT2D eigenvalue weighted by Crippen LogP contribution is 2.03. The second-order valence-electron chi connectivity index (χ2n) is 4.55. The van der Waals surface area contributed by atoms with Crippen LogP contribution >= 0.6 is 0 Å². The summed E-state index contributed by atoms with van der Waals surface area (Å²) in [6, 6.07) is 8.96. The number of rotatable bonds is 3. The summed E-state index contributed by atoms with van der Waals surface area (Å²) in [6.45, 7) is 4.82. The van der Waals surface area contributed by atoms with E-state index in [2.05, 4.69) is 30.0 Å². The van der Waals surface area contributed by atoms with Crippen LogP contribution in [0.25, 0.3) is 0 Å². The van der Waals surface area contributed by atoms with Crippen LogP contribution in [0.2, 0.25) is 0 Å². The Bertz CT molecular complexity index is 286. The van der Waals surface area contributed by atoms with Crippen molar-refractivity contribution < 1.29 is 10.6 Å². The van der Waals surface area contributed by atoms with Crippen molar-refractivity contribution in [2.24, 2.45) is 0 Å². The van der Waals surface area contributed by atoms with Gasteiger partial charge in [-0.15, -0.1) is 0 Å². The van der Waals surface area contributed by atoms with Gasteiger partial charge < -0.3 is 10.6 Å². The van der Waals surface area contributed by atoms with Crippen LogP contribution in [0.5, 0.6) is 0 Å². The van der Waals surface area contributed by atoms with Crippen molar-refractivity contribution in [1.82, 2.24) is 0 Å². The van der Waals surface area contributed by atoms with E-state index in [1.54, 1.807) is 4.90 Å². The molecule has 0 aliphatic carbocycles. The van der Waals surface area contributed by atoms with E-state index in [0.29, 0.717) is 0 Å². The van der Waals surface area contributed by atoms with Crippen molar-refractivity contribution in [2.45, 2.75) is 32.4 Å². The highest BCUT2D eigenvalue weighted by Gasteiger charge is 2.13. The van der Waals surface area contributed by atoms with Crippen molar-refractivity contribution in [3.8, 4) is 0 Å². The maximum absolute atomic E-state index is 3.90. The summed E-state index contributed by atoms with van der Waals surface area (Å²) in [5.41, 5.74) is 6.71. The predicted octanol–water partition coefficient (Wildman–Crippen LogP) is -0.00270. The van der Waals surface area contributed by atoms with E-state index in [0.717, 1.165) is 6.54 Å². The first-order valence-electron chi connectivity index (χ1n) is 6.09. The fourth-order valence-electron chi connectivity index (χ4n) is 2.34. The molecular weight excluding hydrogens is 184 g/mol. The second kappa shape index (κ2) is 5.29. The Hall–Kier alpha value is -0.860. The van der Waals surface area contributed by atoms with Gasteiger partial charge in [0.15, 0.2) is 0 Å². The van der Waals surface area contributed by atoms with Gasteiger partial charge in [-0.3, -0.25) is 0 Å². The van der Waals surface area contributed by atoms with E-state index < -0.39 is 0 Å². The zero-order valence-electron chi connectivity index (χ0n) is 9.47. The number of nitrogens with one attached hydrogen (secondary N) is 1. The highest BCUT2D eigenvalue weighted by molar-refractivity contribution is 5.21. The molecule has 0 aromatic heterocycles. The molecule has 0 amide bonds. The van der Waals surface area contributed by atoms with Crippen molar-refractivity contribution in [1.29, 1.82) is 0 Å². The van der Waals surface area contributed by atoms with E-state index in [4.69, 9.17) is 0 Å². The number of hydrogen-bond acceptors (Lipinski definition) is 0. The van der Waals surface area contributed by atoms with Crippen molar-refractivity contribution >= 4 is 0 Å². The lowest BCUT2D eigenvalue weighted by atomic mass is 10.1. The molecule has 1 saturated heterocycles. The maximum atomic E-state index is 3.90. The van der Waals surface area contributed by atoms with Crippen LogP contribution in [0.4, 0.5) is 0 Å². The third kappa shape index (κ3) is 3.05. The first kappa shape index (κ1) is 10.7. The smallest absolute Gasteiger partial charge is 0.103 e. The molecule has 15 heavy (non-hydrogen) atoms. The molecule has 0 bridgehead atoms. The number of piperidine rings is 1. The van der Waals surface area contributed by atoms with Crippen molar-refractivity contribution in [2.75, 3.05) is 13.1 Å². The highest BCUT2D eigenvalue weighted by atomic mass is 15.1. The normalized spacial score (nSPS) is 17.9. The van der Waals surface area contributed by atoms with Crippen LogP contribution in [0.3, 0.4) is 0 Å². The van der Waals surface area contributed by atoms with Crippen LogP contribution in [0.15, 0.2) is 24.3 Å². The van der Waals surface area contributed by atoms with Gasteiger partial charge >= 0.3 is 0 Å². The van der Waals surface area contributed by atoms with Crippen molar-refractivity contribution in [3.63, 3.8) is 0 Å². The van der Waals surface area contributed by atoms with E-state index in [9.17, 15) is 0 Å². The Kier molecular flexibility index (Phi) is 3.75. The van der Waals surface area contributed by atoms with Gasteiger partial charge in [-0.1, -0.05) is 24.3 Å². The summed E-state index contributed by atoms with van der Waals surface area (Å²) in [4.78, 5) is 1.75. The number of hydrogen-bond donors (Lipinski definition) is 2. The van der Waals surface area contributed by atoms with Gasteiger partial charge in [-0.2, -0.15) is 0 Å². The van der Waals surface area contributed by atoms with Crippen LogP contribution < -0.4 is 10.6 Å². The molecule has 4 N–H and O–H groups in total. The molecule has 1 aliphatic rings. The molecule has 1 aliphatic heterocycles. The van der Waals surface area contributed by atoms with Gasteiger partial charge in [0.1, 0.15) is 6.54 Å². The zero-order valence-corrected chi connectivity index (χ0v) is 9.47. The van der Waals surface area contributed by atoms with Crippen LogP contribution in [0, 0.1) is 0 Å². The number of benzene rings is 1. The molecule has 0 atom stereocenters. The average molecular weight is 206 g/mol. The fraction of sp³-hybridized carbons (Fsp3) is 0.538. The van der Waals surface area contributed by atoms with Crippen molar-refractivity contribution in [3.05, 3.63) is 35.4 Å². The lowest BCUT2D eigenvalue weighted by molar-refractivity contribution is -0.918. The first-order valence-corrected chi connectivity index (χ1v) is 6.09. The Morgan fingerprint density at radius 1 is 0.933 bits per heavy atom. The molecule has 2 rings (SSSR count). The summed E-state index contributed by atoms with van der Waals surface area (Å²) in [5, 5.41) is 0. The number of likely N-dealkylation sites (tertiary alicyclic amines) is 1. The molecular formula is C13H22N2+2. The van der Waals surface area contributed by atoms with E-state index in [1.807, 2.05) is 0 Å². The predicted molar refractivity (Wildman–Crippen MR) is 61.3 cm³/mol. The van der Waals surface area contributed by atoms with E-state index in [1.165, 1.54) is 50.0 Å². The van der Waals surface area contributed by atoms with Gasteiger partial charge in [-0.05, 0) is 19.3 Å². The monoisotopic (exact) mass is 206 g/mol. The third-order valence-corrected chi connectivity index (χ3v) is 3.33. The summed E-state index contributed by atoms with van der Waals surface area (Å²) in [6.07, 6.45) is 4.25. The van der Waals surface area contributed by atoms with Gasteiger partial charge in [0.2, 0.25) is 0 Å². The van der Waals surface area contributed by atoms with E-state index in [-0.39, 0.29) is 0 Å². The molecule has 1 heterocycles. The average Bonchev–Trinajstić information content (AvgIpc) is 2.31. The third-order valence-electron chi connectivity index (χ3n) is 3.33. The Balaban J connectivity index is 1.91. The molecule has 0 radical (unpaired) electrons. The maximum Gasteiger partial charge on any atom is 0.103 e. The molecule has 0 saturated carbocycles. The van der Waals surface area contributed by atoms with Crippen LogP contribution in [0.1, 0.15) is 30.4 Å². The van der Waals surface area contributed by atoms with Crippen LogP contribution in [-0.4, -0.2) is 13.1 Å². The molecule has 82 valence electrons. The zero-order chi connectivity index (χ0) is 10.5. The topological polar surface area (TPSA) is 32.1 Å². The van der Waals surface area contributed by atoms with Gasteiger partial charge in [0, 0.05) is 11.1 Å². The standard InChI is InChI=1S/C13H20N2/c14-10-12-4-6-13(7-5-12)11-15-8-2-1-3-9-15/h4-7H,1-3,8-11,14H2/p+2. The molecule has 1 fully saturated rings. The molecule has 0 unspecified atom stereocenters. The Morgan fingerprint density at radius 2 is 1.53 bits per heavy atom. The van der Waals surface area contributed by atoms with E-state index >= 15 is 0 Å². The Morgan fingerprint density at radius 3 is 2.13 bits per heavy atom. The van der Waals surface area contributed by atoms with Gasteiger partial charge in [0.25, 0.3) is 0 Å². The molecule has 2 heteroatoms. The SMILES string of the molecule is [NH3+]Cc1ccc(C[NH+]2CCCCC2)cc1. The quantitative estimate of drug-likeness (QED) is 0.698. The lowest BCUT2D eigenvalue weighted by Gasteiger charge is -2.23. The van der Waals surface area contributed by atoms with Gasteiger partial charge in [-0.25, -0.2) is 0 Å². The largest absolute Gasteiger partial charge is 0.354 e. The minimum absolute atomic E-state index is 0.900. The first-order chi connectivity index (χ1) is 7.38.